The summed E-state index contributed by atoms with van der Waals surface area (Å²) < 4.78 is 0. The highest BCUT2D eigenvalue weighted by atomic mass is 32.2. The van der Waals surface area contributed by atoms with E-state index in [1.54, 1.807) is 11.8 Å². The molecule has 1 saturated carbocycles. The van der Waals surface area contributed by atoms with Crippen molar-refractivity contribution >= 4 is 17.7 Å². The Morgan fingerprint density at radius 2 is 1.89 bits per heavy atom. The molecule has 0 heterocycles. The number of thioether (sulfide) groups is 1. The van der Waals surface area contributed by atoms with Gasteiger partial charge >= 0.3 is 0 Å². The minimum atomic E-state index is 0.155. The first-order valence-corrected chi connectivity index (χ1v) is 7.46. The van der Waals surface area contributed by atoms with Crippen LogP contribution < -0.4 is 5.32 Å². The third-order valence-electron chi connectivity index (χ3n) is 3.03. The van der Waals surface area contributed by atoms with Gasteiger partial charge in [0.25, 0.3) is 0 Å². The Morgan fingerprint density at radius 1 is 1.28 bits per heavy atom. The van der Waals surface area contributed by atoms with Crippen molar-refractivity contribution in [2.45, 2.75) is 50.0 Å². The lowest BCUT2D eigenvalue weighted by Crippen LogP contribution is -2.26. The number of benzene rings is 1. The summed E-state index contributed by atoms with van der Waals surface area (Å²) >= 11 is 1.61. The SMILES string of the molecule is CC(C)(C)c1ccc(SCC(=O)NC2CC2)cc1. The maximum atomic E-state index is 11.6. The average Bonchev–Trinajstić information content (AvgIpc) is 3.10. The summed E-state index contributed by atoms with van der Waals surface area (Å²) in [5, 5.41) is 3.00. The van der Waals surface area contributed by atoms with Gasteiger partial charge in [0.15, 0.2) is 0 Å². The van der Waals surface area contributed by atoms with Crippen LogP contribution in [0.3, 0.4) is 0 Å². The zero-order valence-corrected chi connectivity index (χ0v) is 12.1. The topological polar surface area (TPSA) is 29.1 Å². The lowest BCUT2D eigenvalue weighted by Gasteiger charge is -2.19. The van der Waals surface area contributed by atoms with Gasteiger partial charge in [-0.15, -0.1) is 11.8 Å². The average molecular weight is 263 g/mol. The molecule has 18 heavy (non-hydrogen) atoms. The Labute approximate surface area is 114 Å². The highest BCUT2D eigenvalue weighted by Gasteiger charge is 2.23. The van der Waals surface area contributed by atoms with Gasteiger partial charge in [-0.1, -0.05) is 32.9 Å². The molecule has 2 nitrogen and oxygen atoms in total. The zero-order chi connectivity index (χ0) is 13.2. The number of amides is 1. The van der Waals surface area contributed by atoms with Crippen LogP contribution in [-0.4, -0.2) is 17.7 Å². The van der Waals surface area contributed by atoms with E-state index < -0.39 is 0 Å². The molecule has 0 spiro atoms. The van der Waals surface area contributed by atoms with Crippen molar-refractivity contribution in [3.63, 3.8) is 0 Å². The molecule has 1 aromatic rings. The zero-order valence-electron chi connectivity index (χ0n) is 11.3. The lowest BCUT2D eigenvalue weighted by molar-refractivity contribution is -0.118. The third-order valence-corrected chi connectivity index (χ3v) is 4.04. The molecule has 1 aliphatic rings. The maximum absolute atomic E-state index is 11.6. The molecule has 1 aliphatic carbocycles. The molecule has 0 atom stereocenters. The molecule has 0 radical (unpaired) electrons. The van der Waals surface area contributed by atoms with Crippen molar-refractivity contribution < 1.29 is 4.79 Å². The summed E-state index contributed by atoms with van der Waals surface area (Å²) in [6.07, 6.45) is 2.30. The summed E-state index contributed by atoms with van der Waals surface area (Å²) in [7, 11) is 0. The van der Waals surface area contributed by atoms with Crippen LogP contribution in [0.2, 0.25) is 0 Å². The van der Waals surface area contributed by atoms with Gasteiger partial charge in [0, 0.05) is 10.9 Å². The predicted octanol–water partition coefficient (Wildman–Crippen LogP) is 3.35. The third kappa shape index (κ3) is 4.05. The van der Waals surface area contributed by atoms with Crippen molar-refractivity contribution in [2.24, 2.45) is 0 Å². The monoisotopic (exact) mass is 263 g/mol. The summed E-state index contributed by atoms with van der Waals surface area (Å²) in [5.41, 5.74) is 1.52. The maximum Gasteiger partial charge on any atom is 0.230 e. The molecule has 2 rings (SSSR count). The second-order valence-corrected chi connectivity index (χ2v) is 6.95. The number of hydrogen-bond acceptors (Lipinski definition) is 2. The molecule has 0 aromatic heterocycles. The van der Waals surface area contributed by atoms with Gasteiger partial charge in [0.1, 0.15) is 0 Å². The van der Waals surface area contributed by atoms with E-state index in [-0.39, 0.29) is 11.3 Å². The molecule has 98 valence electrons. The molecule has 1 aromatic carbocycles. The van der Waals surface area contributed by atoms with Gasteiger partial charge in [-0.05, 0) is 36.0 Å². The number of rotatable bonds is 4. The van der Waals surface area contributed by atoms with Gasteiger partial charge < -0.3 is 5.32 Å². The second-order valence-electron chi connectivity index (χ2n) is 5.90. The van der Waals surface area contributed by atoms with Crippen molar-refractivity contribution in [1.29, 1.82) is 0 Å². The molecular formula is C15H21NOS. The van der Waals surface area contributed by atoms with Gasteiger partial charge in [0.05, 0.1) is 5.75 Å². The number of nitrogens with one attached hydrogen (secondary N) is 1. The van der Waals surface area contributed by atoms with E-state index >= 15 is 0 Å². The van der Waals surface area contributed by atoms with E-state index in [0.717, 1.165) is 17.7 Å². The van der Waals surface area contributed by atoms with Crippen LogP contribution in [0.15, 0.2) is 29.2 Å². The van der Waals surface area contributed by atoms with Crippen molar-refractivity contribution in [3.05, 3.63) is 29.8 Å². The van der Waals surface area contributed by atoms with Crippen LogP contribution in [0, 0.1) is 0 Å². The first kappa shape index (κ1) is 13.5. The Hall–Kier alpha value is -0.960. The van der Waals surface area contributed by atoms with Crippen LogP contribution in [0.4, 0.5) is 0 Å². The molecule has 0 unspecified atom stereocenters. The van der Waals surface area contributed by atoms with E-state index in [2.05, 4.69) is 50.4 Å². The van der Waals surface area contributed by atoms with Crippen LogP contribution in [-0.2, 0) is 10.2 Å². The van der Waals surface area contributed by atoms with Crippen molar-refractivity contribution in [2.75, 3.05) is 5.75 Å². The quantitative estimate of drug-likeness (QED) is 0.844. The molecule has 1 amide bonds. The van der Waals surface area contributed by atoms with Crippen LogP contribution in [0.25, 0.3) is 0 Å². The van der Waals surface area contributed by atoms with Gasteiger partial charge in [-0.2, -0.15) is 0 Å². The van der Waals surface area contributed by atoms with E-state index in [4.69, 9.17) is 0 Å². The number of carbonyl (C=O) groups is 1. The molecule has 0 aliphatic heterocycles. The molecule has 0 saturated heterocycles. The number of carbonyl (C=O) groups excluding carboxylic acids is 1. The van der Waals surface area contributed by atoms with E-state index in [1.807, 2.05) is 0 Å². The van der Waals surface area contributed by atoms with Gasteiger partial charge in [-0.25, -0.2) is 0 Å². The summed E-state index contributed by atoms with van der Waals surface area (Å²) in [6, 6.07) is 8.98. The first-order chi connectivity index (χ1) is 8.45. The summed E-state index contributed by atoms with van der Waals surface area (Å²) in [6.45, 7) is 6.62. The van der Waals surface area contributed by atoms with Crippen LogP contribution >= 0.6 is 11.8 Å². The minimum absolute atomic E-state index is 0.155. The second kappa shape index (κ2) is 5.35. The van der Waals surface area contributed by atoms with E-state index in [0.29, 0.717) is 11.8 Å². The molecule has 1 fully saturated rings. The minimum Gasteiger partial charge on any atom is -0.353 e. The fourth-order valence-electron chi connectivity index (χ4n) is 1.70. The largest absolute Gasteiger partial charge is 0.353 e. The summed E-state index contributed by atoms with van der Waals surface area (Å²) in [4.78, 5) is 12.7. The first-order valence-electron chi connectivity index (χ1n) is 6.48. The Bertz CT molecular complexity index is 415. The highest BCUT2D eigenvalue weighted by Crippen LogP contribution is 2.26. The normalized spacial score (nSPS) is 15.5. The van der Waals surface area contributed by atoms with Crippen molar-refractivity contribution in [1.82, 2.24) is 5.32 Å². The smallest absolute Gasteiger partial charge is 0.230 e. The standard InChI is InChI=1S/C15H21NOS/c1-15(2,3)11-4-8-13(9-5-11)18-10-14(17)16-12-6-7-12/h4-5,8-9,12H,6-7,10H2,1-3H3,(H,16,17). The van der Waals surface area contributed by atoms with Gasteiger partial charge in [-0.3, -0.25) is 4.79 Å². The molecule has 1 N–H and O–H groups in total. The van der Waals surface area contributed by atoms with Crippen LogP contribution in [0.5, 0.6) is 0 Å². The van der Waals surface area contributed by atoms with Crippen LogP contribution in [0.1, 0.15) is 39.2 Å². The lowest BCUT2D eigenvalue weighted by atomic mass is 9.87. The summed E-state index contributed by atoms with van der Waals surface area (Å²) in [5.74, 6) is 0.674. The Morgan fingerprint density at radius 3 is 2.39 bits per heavy atom. The fraction of sp³-hybridized carbons (Fsp3) is 0.533. The Kier molecular flexibility index (Phi) is 4.00. The van der Waals surface area contributed by atoms with Crippen molar-refractivity contribution in [3.8, 4) is 0 Å². The molecular weight excluding hydrogens is 242 g/mol. The number of hydrogen-bond donors (Lipinski definition) is 1. The Balaban J connectivity index is 1.84. The van der Waals surface area contributed by atoms with Gasteiger partial charge in [0.2, 0.25) is 5.91 Å². The highest BCUT2D eigenvalue weighted by molar-refractivity contribution is 8.00. The fourth-order valence-corrected chi connectivity index (χ4v) is 2.41. The molecule has 0 bridgehead atoms. The molecule has 3 heteroatoms. The van der Waals surface area contributed by atoms with E-state index in [1.165, 1.54) is 5.56 Å². The predicted molar refractivity (Wildman–Crippen MR) is 77.0 cm³/mol. The van der Waals surface area contributed by atoms with E-state index in [9.17, 15) is 4.79 Å².